The van der Waals surface area contributed by atoms with E-state index in [1.54, 1.807) is 13.2 Å². The van der Waals surface area contributed by atoms with Gasteiger partial charge in [-0.3, -0.25) is 4.79 Å². The number of hydrogen-bond donors (Lipinski definition) is 0. The van der Waals surface area contributed by atoms with Gasteiger partial charge in [0, 0.05) is 6.07 Å². The van der Waals surface area contributed by atoms with Crippen LogP contribution in [0, 0.1) is 13.8 Å². The highest BCUT2D eigenvalue weighted by molar-refractivity contribution is 5.62. The zero-order valence-corrected chi connectivity index (χ0v) is 13.2. The van der Waals surface area contributed by atoms with Crippen molar-refractivity contribution in [3.63, 3.8) is 0 Å². The first kappa shape index (κ1) is 15.0. The molecule has 0 saturated heterocycles. The van der Waals surface area contributed by atoms with E-state index in [0.717, 1.165) is 22.6 Å². The van der Waals surface area contributed by atoms with E-state index in [1.807, 2.05) is 38.1 Å². The minimum atomic E-state index is -0.156. The van der Waals surface area contributed by atoms with Gasteiger partial charge in [0.2, 0.25) is 0 Å². The molecule has 0 unspecified atom stereocenters. The van der Waals surface area contributed by atoms with Gasteiger partial charge >= 0.3 is 0 Å². The van der Waals surface area contributed by atoms with Crippen molar-refractivity contribution in [1.29, 1.82) is 0 Å². The number of benzene rings is 1. The summed E-state index contributed by atoms with van der Waals surface area (Å²) in [7, 11) is 1.62. The van der Waals surface area contributed by atoms with Gasteiger partial charge in [-0.15, -0.1) is 0 Å². The van der Waals surface area contributed by atoms with Gasteiger partial charge < -0.3 is 9.26 Å². The summed E-state index contributed by atoms with van der Waals surface area (Å²) in [5.74, 6) is 1.46. The molecule has 0 aliphatic heterocycles. The fourth-order valence-electron chi connectivity index (χ4n) is 2.45. The second-order valence-electron chi connectivity index (χ2n) is 5.26. The molecule has 0 spiro atoms. The Kier molecular flexibility index (Phi) is 3.97. The molecule has 118 valence electrons. The van der Waals surface area contributed by atoms with Gasteiger partial charge in [0.25, 0.3) is 5.56 Å². The molecule has 0 saturated carbocycles. The quantitative estimate of drug-likeness (QED) is 0.740. The fraction of sp³-hybridized carbons (Fsp3) is 0.235. The Morgan fingerprint density at radius 3 is 2.48 bits per heavy atom. The summed E-state index contributed by atoms with van der Waals surface area (Å²) in [6.45, 7) is 4.07. The van der Waals surface area contributed by atoms with E-state index in [2.05, 4.69) is 10.3 Å². The van der Waals surface area contributed by atoms with E-state index in [-0.39, 0.29) is 5.56 Å². The largest absolute Gasteiger partial charge is 0.497 e. The van der Waals surface area contributed by atoms with Gasteiger partial charge in [-0.1, -0.05) is 17.3 Å². The Balaban J connectivity index is 1.96. The SMILES string of the molecule is COc1ccc(Cn2nc(-c3c(C)noc3C)ccc2=O)cc1. The molecule has 0 bridgehead atoms. The predicted octanol–water partition coefficient (Wildman–Crippen LogP) is 2.57. The van der Waals surface area contributed by atoms with Crippen molar-refractivity contribution in [2.24, 2.45) is 0 Å². The molecule has 3 aromatic rings. The van der Waals surface area contributed by atoms with Crippen molar-refractivity contribution in [1.82, 2.24) is 14.9 Å². The van der Waals surface area contributed by atoms with E-state index in [0.29, 0.717) is 18.0 Å². The molecule has 0 fully saturated rings. The van der Waals surface area contributed by atoms with Crippen LogP contribution in [0.5, 0.6) is 5.75 Å². The van der Waals surface area contributed by atoms with Gasteiger partial charge in [-0.2, -0.15) is 5.10 Å². The first-order valence-electron chi connectivity index (χ1n) is 7.23. The maximum atomic E-state index is 12.1. The summed E-state index contributed by atoms with van der Waals surface area (Å²) in [6.07, 6.45) is 0. The van der Waals surface area contributed by atoms with E-state index >= 15 is 0 Å². The van der Waals surface area contributed by atoms with E-state index in [9.17, 15) is 4.79 Å². The van der Waals surface area contributed by atoms with Crippen molar-refractivity contribution >= 4 is 0 Å². The molecule has 0 radical (unpaired) electrons. The van der Waals surface area contributed by atoms with E-state index < -0.39 is 0 Å². The third-order valence-corrected chi connectivity index (χ3v) is 3.65. The molecule has 2 aromatic heterocycles. The van der Waals surface area contributed by atoms with Crippen molar-refractivity contribution < 1.29 is 9.26 Å². The Bertz CT molecular complexity index is 859. The van der Waals surface area contributed by atoms with Crippen LogP contribution in [0.15, 0.2) is 45.7 Å². The van der Waals surface area contributed by atoms with Gasteiger partial charge in [-0.05, 0) is 37.6 Å². The molecule has 0 N–H and O–H groups in total. The fourth-order valence-corrected chi connectivity index (χ4v) is 2.45. The topological polar surface area (TPSA) is 70.2 Å². The van der Waals surface area contributed by atoms with E-state index in [4.69, 9.17) is 9.26 Å². The van der Waals surface area contributed by atoms with Crippen LogP contribution in [0.25, 0.3) is 11.3 Å². The third kappa shape index (κ3) is 3.01. The lowest BCUT2D eigenvalue weighted by Crippen LogP contribution is -2.22. The summed E-state index contributed by atoms with van der Waals surface area (Å²) in [5, 5.41) is 8.38. The summed E-state index contributed by atoms with van der Waals surface area (Å²) >= 11 is 0. The first-order chi connectivity index (χ1) is 11.1. The second-order valence-corrected chi connectivity index (χ2v) is 5.26. The summed E-state index contributed by atoms with van der Waals surface area (Å²) < 4.78 is 11.7. The monoisotopic (exact) mass is 311 g/mol. The van der Waals surface area contributed by atoms with Gasteiger partial charge in [0.05, 0.1) is 30.6 Å². The first-order valence-corrected chi connectivity index (χ1v) is 7.23. The minimum absolute atomic E-state index is 0.156. The average Bonchev–Trinajstić information content (AvgIpc) is 2.89. The molecular weight excluding hydrogens is 294 g/mol. The lowest BCUT2D eigenvalue weighted by atomic mass is 10.1. The molecule has 6 heteroatoms. The molecule has 23 heavy (non-hydrogen) atoms. The molecule has 0 amide bonds. The smallest absolute Gasteiger partial charge is 0.267 e. The number of ether oxygens (including phenoxy) is 1. The zero-order valence-electron chi connectivity index (χ0n) is 13.2. The van der Waals surface area contributed by atoms with Crippen molar-refractivity contribution in [3.8, 4) is 17.0 Å². The molecule has 0 aliphatic rings. The number of methoxy groups -OCH3 is 1. The molecule has 2 heterocycles. The lowest BCUT2D eigenvalue weighted by Gasteiger charge is -2.08. The highest BCUT2D eigenvalue weighted by Gasteiger charge is 2.14. The normalized spacial score (nSPS) is 10.7. The highest BCUT2D eigenvalue weighted by atomic mass is 16.5. The Labute approximate surface area is 133 Å². The van der Waals surface area contributed by atoms with Gasteiger partial charge in [0.15, 0.2) is 0 Å². The third-order valence-electron chi connectivity index (χ3n) is 3.65. The summed E-state index contributed by atoms with van der Waals surface area (Å²) in [6, 6.07) is 10.7. The molecule has 1 aromatic carbocycles. The van der Waals surface area contributed by atoms with Crippen LogP contribution in [0.2, 0.25) is 0 Å². The van der Waals surface area contributed by atoms with Gasteiger partial charge in [0.1, 0.15) is 11.5 Å². The standard InChI is InChI=1S/C17H17N3O3/c1-11-17(12(2)23-19-11)15-8-9-16(21)20(18-15)10-13-4-6-14(22-3)7-5-13/h4-9H,10H2,1-3H3. The maximum Gasteiger partial charge on any atom is 0.267 e. The molecule has 6 nitrogen and oxygen atoms in total. The molecule has 3 rings (SSSR count). The van der Waals surface area contributed by atoms with Crippen LogP contribution in [-0.2, 0) is 6.54 Å². The van der Waals surface area contributed by atoms with Gasteiger partial charge in [-0.25, -0.2) is 4.68 Å². The van der Waals surface area contributed by atoms with Crippen LogP contribution in [0.4, 0.5) is 0 Å². The number of nitrogens with zero attached hydrogens (tertiary/aromatic N) is 3. The van der Waals surface area contributed by atoms with Crippen LogP contribution in [0.1, 0.15) is 17.0 Å². The van der Waals surface area contributed by atoms with Crippen LogP contribution < -0.4 is 10.3 Å². The van der Waals surface area contributed by atoms with Crippen molar-refractivity contribution in [2.45, 2.75) is 20.4 Å². The van der Waals surface area contributed by atoms with Crippen LogP contribution in [-0.4, -0.2) is 22.0 Å². The Morgan fingerprint density at radius 2 is 1.87 bits per heavy atom. The van der Waals surface area contributed by atoms with Crippen molar-refractivity contribution in [2.75, 3.05) is 7.11 Å². The number of aryl methyl sites for hydroxylation is 2. The summed E-state index contributed by atoms with van der Waals surface area (Å²) in [4.78, 5) is 12.1. The molecule has 0 atom stereocenters. The van der Waals surface area contributed by atoms with Crippen LogP contribution >= 0.6 is 0 Å². The van der Waals surface area contributed by atoms with Crippen molar-refractivity contribution in [3.05, 3.63) is 63.8 Å². The van der Waals surface area contributed by atoms with E-state index in [1.165, 1.54) is 10.7 Å². The number of aromatic nitrogens is 3. The Hall–Kier alpha value is -2.89. The van der Waals surface area contributed by atoms with Crippen LogP contribution in [0.3, 0.4) is 0 Å². The number of rotatable bonds is 4. The molecular formula is C17H17N3O3. The highest BCUT2D eigenvalue weighted by Crippen LogP contribution is 2.24. The summed E-state index contributed by atoms with van der Waals surface area (Å²) in [5.41, 5.74) is 3.07. The number of hydrogen-bond acceptors (Lipinski definition) is 5. The zero-order chi connectivity index (χ0) is 16.4. The second kappa shape index (κ2) is 6.08. The Morgan fingerprint density at radius 1 is 1.13 bits per heavy atom. The predicted molar refractivity (Wildman–Crippen MR) is 85.6 cm³/mol. The molecule has 0 aliphatic carbocycles. The maximum absolute atomic E-state index is 12.1. The average molecular weight is 311 g/mol. The minimum Gasteiger partial charge on any atom is -0.497 e. The lowest BCUT2D eigenvalue weighted by molar-refractivity contribution is 0.393.